The fraction of sp³-hybridized carbons (Fsp3) is 0.346. The monoisotopic (exact) mass is 478 g/mol. The van der Waals surface area contributed by atoms with Gasteiger partial charge in [-0.25, -0.2) is 4.68 Å². The van der Waals surface area contributed by atoms with Crippen LogP contribution in [0.3, 0.4) is 0 Å². The number of hydrogen-bond acceptors (Lipinski definition) is 4. The highest BCUT2D eigenvalue weighted by molar-refractivity contribution is 8.00. The molecule has 8 heteroatoms. The lowest BCUT2D eigenvalue weighted by Crippen LogP contribution is -2.39. The molecule has 4 rings (SSSR count). The van der Waals surface area contributed by atoms with Crippen molar-refractivity contribution in [2.24, 2.45) is 7.05 Å². The Morgan fingerprint density at radius 2 is 1.59 bits per heavy atom. The van der Waals surface area contributed by atoms with Gasteiger partial charge in [0.15, 0.2) is 0 Å². The van der Waals surface area contributed by atoms with E-state index in [1.54, 1.807) is 18.7 Å². The highest BCUT2D eigenvalue weighted by Crippen LogP contribution is 2.28. The zero-order chi connectivity index (χ0) is 24.1. The van der Waals surface area contributed by atoms with Crippen molar-refractivity contribution in [3.63, 3.8) is 0 Å². The molecule has 1 aliphatic rings. The Morgan fingerprint density at radius 1 is 0.971 bits per heavy atom. The molecular weight excluding hydrogens is 448 g/mol. The van der Waals surface area contributed by atoms with Crippen LogP contribution in [0, 0.1) is 6.92 Å². The highest BCUT2D eigenvalue weighted by atomic mass is 32.2. The number of nitrogens with one attached hydrogen (secondary N) is 1. The zero-order valence-electron chi connectivity index (χ0n) is 19.6. The first-order chi connectivity index (χ1) is 16.5. The molecule has 1 aliphatic heterocycles. The molecule has 0 bridgehead atoms. The minimum absolute atomic E-state index is 0.0617. The molecule has 2 aromatic carbocycles. The summed E-state index contributed by atoms with van der Waals surface area (Å²) < 4.78 is 3.25. The second-order valence-corrected chi connectivity index (χ2v) is 9.53. The number of anilines is 1. The van der Waals surface area contributed by atoms with Gasteiger partial charge in [0.2, 0.25) is 11.8 Å². The molecule has 0 saturated carbocycles. The number of rotatable bonds is 7. The lowest BCUT2D eigenvalue weighted by atomic mass is 9.89. The van der Waals surface area contributed by atoms with Crippen molar-refractivity contribution in [2.75, 3.05) is 29.9 Å². The van der Waals surface area contributed by atoms with Gasteiger partial charge in [0.1, 0.15) is 5.69 Å². The van der Waals surface area contributed by atoms with Crippen LogP contribution in [0.2, 0.25) is 0 Å². The molecule has 2 amide bonds. The van der Waals surface area contributed by atoms with E-state index in [-0.39, 0.29) is 34.6 Å². The average Bonchev–Trinajstić information content (AvgIpc) is 3.08. The topological polar surface area (TPSA) is 76.3 Å². The number of piperidine rings is 1. The van der Waals surface area contributed by atoms with Gasteiger partial charge in [-0.2, -0.15) is 0 Å². The number of carbonyl (C=O) groups excluding carboxylic acids is 2. The molecule has 0 aliphatic carbocycles. The van der Waals surface area contributed by atoms with Crippen molar-refractivity contribution >= 4 is 29.3 Å². The molecule has 34 heavy (non-hydrogen) atoms. The van der Waals surface area contributed by atoms with Gasteiger partial charge in [0, 0.05) is 20.1 Å². The van der Waals surface area contributed by atoms with E-state index < -0.39 is 0 Å². The number of amides is 2. The average molecular weight is 479 g/mol. The van der Waals surface area contributed by atoms with Crippen molar-refractivity contribution in [3.05, 3.63) is 82.3 Å². The van der Waals surface area contributed by atoms with Crippen molar-refractivity contribution in [3.8, 4) is 5.69 Å². The van der Waals surface area contributed by atoms with E-state index in [1.165, 1.54) is 22.0 Å². The Hall–Kier alpha value is -3.26. The molecule has 0 atom stereocenters. The minimum Gasteiger partial charge on any atom is -0.342 e. The fourth-order valence-corrected chi connectivity index (χ4v) is 5.11. The van der Waals surface area contributed by atoms with Crippen LogP contribution in [0.15, 0.2) is 65.5 Å². The van der Waals surface area contributed by atoms with E-state index in [0.29, 0.717) is 11.6 Å². The van der Waals surface area contributed by atoms with Gasteiger partial charge >= 0.3 is 0 Å². The van der Waals surface area contributed by atoms with Crippen LogP contribution in [0.1, 0.15) is 30.0 Å². The van der Waals surface area contributed by atoms with Crippen LogP contribution in [-0.2, 0) is 16.6 Å². The maximum atomic E-state index is 12.9. The van der Waals surface area contributed by atoms with Crippen molar-refractivity contribution in [1.29, 1.82) is 0 Å². The molecule has 1 N–H and O–H groups in total. The van der Waals surface area contributed by atoms with E-state index >= 15 is 0 Å². The van der Waals surface area contributed by atoms with Gasteiger partial charge in [-0.1, -0.05) is 48.5 Å². The van der Waals surface area contributed by atoms with Gasteiger partial charge in [-0.3, -0.25) is 19.1 Å². The summed E-state index contributed by atoms with van der Waals surface area (Å²) in [5, 5.41) is 2.75. The first-order valence-corrected chi connectivity index (χ1v) is 12.7. The molecule has 0 unspecified atom stereocenters. The predicted octanol–water partition coefficient (Wildman–Crippen LogP) is 3.56. The van der Waals surface area contributed by atoms with Crippen LogP contribution in [0.5, 0.6) is 0 Å². The van der Waals surface area contributed by atoms with Crippen molar-refractivity contribution in [1.82, 2.24) is 14.3 Å². The van der Waals surface area contributed by atoms with E-state index in [9.17, 15) is 14.4 Å². The summed E-state index contributed by atoms with van der Waals surface area (Å²) in [6, 6.07) is 19.7. The molecule has 1 aromatic heterocycles. The minimum atomic E-state index is -0.286. The number of nitrogens with zero attached hydrogens (tertiary/aromatic N) is 3. The maximum Gasteiger partial charge on any atom is 0.295 e. The van der Waals surface area contributed by atoms with Gasteiger partial charge in [-0.15, -0.1) is 11.8 Å². The molecule has 7 nitrogen and oxygen atoms in total. The molecule has 0 spiro atoms. The van der Waals surface area contributed by atoms with Crippen LogP contribution in [0.4, 0.5) is 5.69 Å². The summed E-state index contributed by atoms with van der Waals surface area (Å²) in [6.07, 6.45) is 1.92. The highest BCUT2D eigenvalue weighted by Gasteiger charge is 2.24. The lowest BCUT2D eigenvalue weighted by Gasteiger charge is -2.32. The second-order valence-electron chi connectivity index (χ2n) is 8.54. The van der Waals surface area contributed by atoms with E-state index in [2.05, 4.69) is 29.6 Å². The standard InChI is InChI=1S/C26H30N4O3S/c1-19-25(26(33)30(28(19)2)22-11-7-4-8-12-22)27-23(31)17-34-18-24(32)29-15-13-21(14-16-29)20-9-5-3-6-10-20/h3-12,21H,13-18H2,1-2H3,(H,27,31). The largest absolute Gasteiger partial charge is 0.342 e. The molecule has 1 fully saturated rings. The Bertz CT molecular complexity index is 1200. The van der Waals surface area contributed by atoms with E-state index in [4.69, 9.17) is 0 Å². The molecule has 3 aromatic rings. The number of aromatic nitrogens is 2. The number of para-hydroxylation sites is 1. The normalized spacial score (nSPS) is 14.2. The third-order valence-corrected chi connectivity index (χ3v) is 7.31. The predicted molar refractivity (Wildman–Crippen MR) is 137 cm³/mol. The third-order valence-electron chi connectivity index (χ3n) is 6.40. The lowest BCUT2D eigenvalue weighted by molar-refractivity contribution is -0.129. The third kappa shape index (κ3) is 5.28. The maximum absolute atomic E-state index is 12.9. The second kappa shape index (κ2) is 10.8. The van der Waals surface area contributed by atoms with E-state index in [0.717, 1.165) is 31.6 Å². The Balaban J connectivity index is 1.27. The number of thioether (sulfide) groups is 1. The van der Waals surface area contributed by atoms with Crippen LogP contribution < -0.4 is 10.9 Å². The summed E-state index contributed by atoms with van der Waals surface area (Å²) in [5.41, 5.74) is 2.73. The molecule has 2 heterocycles. The molecule has 1 saturated heterocycles. The quantitative estimate of drug-likeness (QED) is 0.563. The SMILES string of the molecule is Cc1c(NC(=O)CSCC(=O)N2CCC(c3ccccc3)CC2)c(=O)n(-c2ccccc2)n1C. The van der Waals surface area contributed by atoms with Gasteiger partial charge in [-0.05, 0) is 43.4 Å². The summed E-state index contributed by atoms with van der Waals surface area (Å²) in [4.78, 5) is 39.9. The van der Waals surface area contributed by atoms with Crippen LogP contribution >= 0.6 is 11.8 Å². The molecular formula is C26H30N4O3S. The van der Waals surface area contributed by atoms with Gasteiger partial charge in [0.05, 0.1) is 22.9 Å². The number of benzene rings is 2. The summed E-state index contributed by atoms with van der Waals surface area (Å²) in [6.45, 7) is 3.28. The smallest absolute Gasteiger partial charge is 0.295 e. The van der Waals surface area contributed by atoms with Crippen LogP contribution in [0.25, 0.3) is 5.69 Å². The Labute approximate surface area is 203 Å². The Morgan fingerprint density at radius 3 is 2.24 bits per heavy atom. The van der Waals surface area contributed by atoms with Gasteiger partial charge < -0.3 is 10.2 Å². The summed E-state index contributed by atoms with van der Waals surface area (Å²) in [5.74, 6) is 0.646. The first kappa shape index (κ1) is 23.9. The summed E-state index contributed by atoms with van der Waals surface area (Å²) in [7, 11) is 1.79. The molecule has 178 valence electrons. The zero-order valence-corrected chi connectivity index (χ0v) is 20.4. The number of likely N-dealkylation sites (tertiary alicyclic amines) is 1. The molecule has 0 radical (unpaired) electrons. The van der Waals surface area contributed by atoms with Gasteiger partial charge in [0.25, 0.3) is 5.56 Å². The number of hydrogen-bond donors (Lipinski definition) is 1. The fourth-order valence-electron chi connectivity index (χ4n) is 4.40. The van der Waals surface area contributed by atoms with Crippen molar-refractivity contribution in [2.45, 2.75) is 25.7 Å². The van der Waals surface area contributed by atoms with Crippen molar-refractivity contribution < 1.29 is 9.59 Å². The van der Waals surface area contributed by atoms with Crippen LogP contribution in [-0.4, -0.2) is 50.7 Å². The summed E-state index contributed by atoms with van der Waals surface area (Å²) >= 11 is 1.28. The first-order valence-electron chi connectivity index (χ1n) is 11.5. The number of carbonyl (C=O) groups is 2. The van der Waals surface area contributed by atoms with E-state index in [1.807, 2.05) is 41.3 Å². The Kier molecular flexibility index (Phi) is 7.57.